The number of anilines is 1. The summed E-state index contributed by atoms with van der Waals surface area (Å²) in [5.74, 6) is -0.281. The van der Waals surface area contributed by atoms with Crippen molar-refractivity contribution in [1.82, 2.24) is 5.32 Å². The van der Waals surface area contributed by atoms with Gasteiger partial charge in [0, 0.05) is 5.69 Å². The number of carbonyl (C=O) groups excluding carboxylic acids is 2. The van der Waals surface area contributed by atoms with Crippen molar-refractivity contribution in [3.05, 3.63) is 52.5 Å². The Morgan fingerprint density at radius 2 is 1.63 bits per heavy atom. The number of ether oxygens (including phenoxy) is 1. The number of carbonyl (C=O) groups is 2. The lowest BCUT2D eigenvalue weighted by molar-refractivity contribution is -0.118. The average molecular weight is 451 g/mol. The lowest BCUT2D eigenvalue weighted by atomic mass is 10.1. The molecule has 0 heterocycles. The van der Waals surface area contributed by atoms with Gasteiger partial charge >= 0.3 is 6.09 Å². The molecule has 0 unspecified atom stereocenters. The van der Waals surface area contributed by atoms with Crippen LogP contribution in [-0.4, -0.2) is 23.6 Å². The van der Waals surface area contributed by atoms with Crippen molar-refractivity contribution < 1.29 is 14.3 Å². The Morgan fingerprint density at radius 3 is 2.20 bits per heavy atom. The molecule has 2 aromatic carbocycles. The molecule has 0 spiro atoms. The van der Waals surface area contributed by atoms with Gasteiger partial charge in [0.1, 0.15) is 11.6 Å². The smallest absolute Gasteiger partial charge is 0.408 e. The number of unbranched alkanes of at least 4 members (excludes halogenated alkanes) is 1. The lowest BCUT2D eigenvalue weighted by Crippen LogP contribution is -2.45. The van der Waals surface area contributed by atoms with E-state index in [1.165, 1.54) is 0 Å². The van der Waals surface area contributed by atoms with Gasteiger partial charge in [-0.2, -0.15) is 0 Å². The van der Waals surface area contributed by atoms with Gasteiger partial charge in [0.2, 0.25) is 5.91 Å². The van der Waals surface area contributed by atoms with Gasteiger partial charge in [-0.15, -0.1) is 0 Å². The molecule has 162 valence electrons. The molecule has 0 bridgehead atoms. The van der Waals surface area contributed by atoms with E-state index in [1.54, 1.807) is 45.0 Å². The van der Waals surface area contributed by atoms with Crippen LogP contribution in [0.4, 0.5) is 10.5 Å². The van der Waals surface area contributed by atoms with E-state index in [9.17, 15) is 9.59 Å². The number of alkyl carbamates (subject to hydrolysis) is 1. The minimum Gasteiger partial charge on any atom is -0.444 e. The van der Waals surface area contributed by atoms with Crippen LogP contribution in [0.1, 0.15) is 47.0 Å². The SMILES string of the molecule is CCCC[C@H](NC(=O)OC(C)(C)C)C(=O)Nc1ccc(-c2ccc(Cl)c(Cl)c2)cc1. The first kappa shape index (κ1) is 24.0. The normalized spacial score (nSPS) is 12.2. The molecule has 0 saturated heterocycles. The fraction of sp³-hybridized carbons (Fsp3) is 0.391. The van der Waals surface area contributed by atoms with Crippen molar-refractivity contribution in [2.24, 2.45) is 0 Å². The molecule has 1 atom stereocenters. The Morgan fingerprint density at radius 1 is 1.00 bits per heavy atom. The summed E-state index contributed by atoms with van der Waals surface area (Å²) < 4.78 is 5.28. The molecule has 5 nitrogen and oxygen atoms in total. The van der Waals surface area contributed by atoms with Crippen molar-refractivity contribution in [3.63, 3.8) is 0 Å². The van der Waals surface area contributed by atoms with E-state index in [2.05, 4.69) is 10.6 Å². The molecule has 7 heteroatoms. The highest BCUT2D eigenvalue weighted by molar-refractivity contribution is 6.42. The van der Waals surface area contributed by atoms with E-state index in [1.807, 2.05) is 25.1 Å². The number of halogens is 2. The summed E-state index contributed by atoms with van der Waals surface area (Å²) in [5.41, 5.74) is 1.88. The Bertz CT molecular complexity index is 877. The molecular formula is C23H28Cl2N2O3. The van der Waals surface area contributed by atoms with Crippen LogP contribution in [0.2, 0.25) is 10.0 Å². The summed E-state index contributed by atoms with van der Waals surface area (Å²) >= 11 is 12.1. The van der Waals surface area contributed by atoms with Crippen LogP contribution in [0.3, 0.4) is 0 Å². The molecule has 0 radical (unpaired) electrons. The Labute approximate surface area is 188 Å². The second kappa shape index (κ2) is 10.7. The van der Waals surface area contributed by atoms with Gasteiger partial charge in [0.25, 0.3) is 0 Å². The molecule has 0 aromatic heterocycles. The first-order valence-electron chi connectivity index (χ1n) is 9.95. The molecule has 2 aromatic rings. The van der Waals surface area contributed by atoms with Gasteiger partial charge in [0.05, 0.1) is 10.0 Å². The zero-order chi connectivity index (χ0) is 22.3. The van der Waals surface area contributed by atoms with E-state index in [4.69, 9.17) is 27.9 Å². The second-order valence-corrected chi connectivity index (χ2v) is 8.85. The fourth-order valence-electron chi connectivity index (χ4n) is 2.78. The summed E-state index contributed by atoms with van der Waals surface area (Å²) in [6.45, 7) is 7.37. The quantitative estimate of drug-likeness (QED) is 0.493. The van der Waals surface area contributed by atoms with Crippen LogP contribution in [0, 0.1) is 0 Å². The predicted octanol–water partition coefficient (Wildman–Crippen LogP) is 6.68. The van der Waals surface area contributed by atoms with Crippen molar-refractivity contribution in [3.8, 4) is 11.1 Å². The minimum atomic E-state index is -0.672. The van der Waals surface area contributed by atoms with Crippen molar-refractivity contribution in [2.45, 2.75) is 58.6 Å². The van der Waals surface area contributed by atoms with E-state index < -0.39 is 17.7 Å². The van der Waals surface area contributed by atoms with Crippen molar-refractivity contribution in [2.75, 3.05) is 5.32 Å². The Hall–Kier alpha value is -2.24. The molecule has 2 amide bonds. The zero-order valence-corrected chi connectivity index (χ0v) is 19.2. The molecule has 0 saturated carbocycles. The summed E-state index contributed by atoms with van der Waals surface area (Å²) in [7, 11) is 0. The summed E-state index contributed by atoms with van der Waals surface area (Å²) in [6.07, 6.45) is 1.65. The standard InChI is InChI=1S/C23H28Cl2N2O3/c1-5-6-7-20(27-22(29)30-23(2,3)4)21(28)26-17-11-8-15(9-12-17)16-10-13-18(24)19(25)14-16/h8-14,20H,5-7H2,1-4H3,(H,26,28)(H,27,29)/t20-/m0/s1. The number of hydrogen-bond donors (Lipinski definition) is 2. The molecule has 0 aliphatic rings. The number of rotatable bonds is 7. The molecule has 0 aliphatic heterocycles. The van der Waals surface area contributed by atoms with Crippen LogP contribution in [0.25, 0.3) is 11.1 Å². The van der Waals surface area contributed by atoms with Gasteiger partial charge in [-0.25, -0.2) is 4.79 Å². The average Bonchev–Trinajstić information content (AvgIpc) is 2.66. The minimum absolute atomic E-state index is 0.281. The lowest BCUT2D eigenvalue weighted by Gasteiger charge is -2.23. The van der Waals surface area contributed by atoms with Gasteiger partial charge < -0.3 is 15.4 Å². The Kier molecular flexibility index (Phi) is 8.56. The van der Waals surface area contributed by atoms with Crippen LogP contribution in [-0.2, 0) is 9.53 Å². The zero-order valence-electron chi connectivity index (χ0n) is 17.7. The van der Waals surface area contributed by atoms with Crippen LogP contribution in [0.15, 0.2) is 42.5 Å². The second-order valence-electron chi connectivity index (χ2n) is 8.04. The number of amides is 2. The van der Waals surface area contributed by atoms with Crippen LogP contribution in [0.5, 0.6) is 0 Å². The number of nitrogens with one attached hydrogen (secondary N) is 2. The summed E-state index contributed by atoms with van der Waals surface area (Å²) in [4.78, 5) is 24.9. The molecule has 30 heavy (non-hydrogen) atoms. The number of hydrogen-bond acceptors (Lipinski definition) is 3. The van der Waals surface area contributed by atoms with Gasteiger partial charge in [0.15, 0.2) is 0 Å². The molecular weight excluding hydrogens is 423 g/mol. The largest absolute Gasteiger partial charge is 0.444 e. The number of benzene rings is 2. The topological polar surface area (TPSA) is 67.4 Å². The fourth-order valence-corrected chi connectivity index (χ4v) is 3.08. The summed E-state index contributed by atoms with van der Waals surface area (Å²) in [6, 6.07) is 12.1. The predicted molar refractivity (Wildman–Crippen MR) is 123 cm³/mol. The monoisotopic (exact) mass is 450 g/mol. The van der Waals surface area contributed by atoms with E-state index in [0.717, 1.165) is 24.0 Å². The molecule has 2 rings (SSSR count). The van der Waals surface area contributed by atoms with E-state index in [-0.39, 0.29) is 5.91 Å². The van der Waals surface area contributed by atoms with Crippen LogP contribution >= 0.6 is 23.2 Å². The Balaban J connectivity index is 2.06. The molecule has 0 fully saturated rings. The van der Waals surface area contributed by atoms with Gasteiger partial charge in [-0.05, 0) is 62.6 Å². The van der Waals surface area contributed by atoms with Crippen molar-refractivity contribution >= 4 is 40.9 Å². The van der Waals surface area contributed by atoms with Gasteiger partial charge in [-0.3, -0.25) is 4.79 Å². The highest BCUT2D eigenvalue weighted by Crippen LogP contribution is 2.29. The summed E-state index contributed by atoms with van der Waals surface area (Å²) in [5, 5.41) is 6.52. The highest BCUT2D eigenvalue weighted by atomic mass is 35.5. The third kappa shape index (κ3) is 7.54. The highest BCUT2D eigenvalue weighted by Gasteiger charge is 2.24. The maximum Gasteiger partial charge on any atom is 0.408 e. The maximum atomic E-state index is 12.7. The maximum absolute atomic E-state index is 12.7. The van der Waals surface area contributed by atoms with Gasteiger partial charge in [-0.1, -0.05) is 61.2 Å². The first-order chi connectivity index (χ1) is 14.1. The van der Waals surface area contributed by atoms with Crippen LogP contribution < -0.4 is 10.6 Å². The molecule has 0 aliphatic carbocycles. The third-order valence-corrected chi connectivity index (χ3v) is 5.00. The third-order valence-electron chi connectivity index (χ3n) is 4.26. The first-order valence-corrected chi connectivity index (χ1v) is 10.7. The van der Waals surface area contributed by atoms with Crippen molar-refractivity contribution in [1.29, 1.82) is 0 Å². The van der Waals surface area contributed by atoms with E-state index >= 15 is 0 Å². The molecule has 2 N–H and O–H groups in total. The van der Waals surface area contributed by atoms with E-state index in [0.29, 0.717) is 22.2 Å².